The maximum Gasteiger partial charge on any atom is 0.138 e. The zero-order valence-corrected chi connectivity index (χ0v) is 13.9. The highest BCUT2D eigenvalue weighted by molar-refractivity contribution is 7.71. The number of rotatable bonds is 3. The van der Waals surface area contributed by atoms with Gasteiger partial charge in [0.05, 0.1) is 11.6 Å². The highest BCUT2D eigenvalue weighted by Gasteiger charge is 2.12. The summed E-state index contributed by atoms with van der Waals surface area (Å²) in [6, 6.07) is 11.6. The number of fused-ring (bicyclic) bond motifs is 1. The summed E-state index contributed by atoms with van der Waals surface area (Å²) in [6.45, 7) is 2.09. The molecular weight excluding hydrogens is 316 g/mol. The van der Waals surface area contributed by atoms with E-state index in [1.165, 1.54) is 0 Å². The van der Waals surface area contributed by atoms with Crippen molar-refractivity contribution in [2.45, 2.75) is 13.3 Å². The molecule has 0 aliphatic carbocycles. The van der Waals surface area contributed by atoms with Crippen molar-refractivity contribution in [3.63, 3.8) is 0 Å². The number of methoxy groups -OCH3 is 1. The molecule has 0 aliphatic heterocycles. The molecule has 0 radical (unpaired) electrons. The van der Waals surface area contributed by atoms with Crippen molar-refractivity contribution in [3.8, 4) is 16.9 Å². The second-order valence-corrected chi connectivity index (χ2v) is 5.79. The van der Waals surface area contributed by atoms with Gasteiger partial charge in [-0.2, -0.15) is 0 Å². The molecule has 2 nitrogen and oxygen atoms in total. The van der Waals surface area contributed by atoms with Crippen LogP contribution in [0, 0.1) is 4.51 Å². The van der Waals surface area contributed by atoms with Gasteiger partial charge in [-0.1, -0.05) is 48.9 Å². The molecule has 0 saturated heterocycles. The van der Waals surface area contributed by atoms with E-state index >= 15 is 0 Å². The summed E-state index contributed by atoms with van der Waals surface area (Å²) in [5.74, 6) is 0.818. The first-order valence-corrected chi connectivity index (χ1v) is 7.81. The van der Waals surface area contributed by atoms with E-state index in [1.807, 2.05) is 36.4 Å². The van der Waals surface area contributed by atoms with E-state index in [0.717, 1.165) is 44.3 Å². The smallest absolute Gasteiger partial charge is 0.138 e. The van der Waals surface area contributed by atoms with Crippen LogP contribution in [-0.2, 0) is 6.42 Å². The third-order valence-corrected chi connectivity index (χ3v) is 4.49. The van der Waals surface area contributed by atoms with Gasteiger partial charge in [-0.15, -0.1) is 0 Å². The number of hydrogen-bond donors (Lipinski definition) is 0. The highest BCUT2D eigenvalue weighted by atomic mass is 35.5. The van der Waals surface area contributed by atoms with E-state index in [2.05, 4.69) is 6.92 Å². The van der Waals surface area contributed by atoms with Gasteiger partial charge in [0.15, 0.2) is 0 Å². The number of hydrogen-bond acceptors (Lipinski definition) is 3. The molecule has 0 fully saturated rings. The predicted molar refractivity (Wildman–Crippen MR) is 93.4 cm³/mol. The normalized spacial score (nSPS) is 10.9. The zero-order valence-electron chi connectivity index (χ0n) is 12.4. The van der Waals surface area contributed by atoms with Crippen LogP contribution in [0.15, 0.2) is 47.1 Å². The quantitative estimate of drug-likeness (QED) is 0.545. The van der Waals surface area contributed by atoms with E-state index in [0.29, 0.717) is 5.02 Å². The van der Waals surface area contributed by atoms with Gasteiger partial charge in [0, 0.05) is 27.6 Å². The summed E-state index contributed by atoms with van der Waals surface area (Å²) in [6.07, 6.45) is 2.53. The average molecular weight is 331 g/mol. The minimum absolute atomic E-state index is 0.660. The largest absolute Gasteiger partial charge is 0.496 e. The SMILES string of the molecule is CCc1cc2c(=S)c(-c3ccccc3Cl)coc2cc1OC. The summed E-state index contributed by atoms with van der Waals surface area (Å²) in [5, 5.41) is 1.57. The minimum atomic E-state index is 0.660. The number of ether oxygens (including phenoxy) is 1. The Morgan fingerprint density at radius 3 is 2.64 bits per heavy atom. The van der Waals surface area contributed by atoms with Crippen molar-refractivity contribution >= 4 is 34.8 Å². The first-order valence-electron chi connectivity index (χ1n) is 7.03. The van der Waals surface area contributed by atoms with Crippen LogP contribution < -0.4 is 4.74 Å². The van der Waals surface area contributed by atoms with Gasteiger partial charge < -0.3 is 9.15 Å². The number of aryl methyl sites for hydroxylation is 1. The van der Waals surface area contributed by atoms with E-state index < -0.39 is 0 Å². The topological polar surface area (TPSA) is 22.4 Å². The molecule has 0 unspecified atom stereocenters. The van der Waals surface area contributed by atoms with Crippen LogP contribution in [0.5, 0.6) is 5.75 Å². The van der Waals surface area contributed by atoms with Crippen molar-refractivity contribution in [3.05, 3.63) is 57.8 Å². The van der Waals surface area contributed by atoms with Crippen molar-refractivity contribution < 1.29 is 9.15 Å². The van der Waals surface area contributed by atoms with Crippen molar-refractivity contribution in [1.29, 1.82) is 0 Å². The van der Waals surface area contributed by atoms with Crippen molar-refractivity contribution in [2.75, 3.05) is 7.11 Å². The number of benzene rings is 2. The van der Waals surface area contributed by atoms with E-state index in [1.54, 1.807) is 13.4 Å². The van der Waals surface area contributed by atoms with Crippen molar-refractivity contribution in [1.82, 2.24) is 0 Å². The summed E-state index contributed by atoms with van der Waals surface area (Å²) in [7, 11) is 1.66. The maximum atomic E-state index is 6.28. The molecule has 0 amide bonds. The van der Waals surface area contributed by atoms with Gasteiger partial charge in [0.25, 0.3) is 0 Å². The van der Waals surface area contributed by atoms with Crippen LogP contribution in [0.3, 0.4) is 0 Å². The van der Waals surface area contributed by atoms with Crippen LogP contribution in [0.1, 0.15) is 12.5 Å². The molecule has 4 heteroatoms. The molecule has 0 spiro atoms. The van der Waals surface area contributed by atoms with Gasteiger partial charge in [0.1, 0.15) is 17.6 Å². The molecule has 2 aromatic carbocycles. The predicted octanol–water partition coefficient (Wildman–Crippen LogP) is 6.05. The van der Waals surface area contributed by atoms with Gasteiger partial charge in [-0.25, -0.2) is 0 Å². The fourth-order valence-electron chi connectivity index (χ4n) is 2.53. The lowest BCUT2D eigenvalue weighted by atomic mass is 10.0. The van der Waals surface area contributed by atoms with Gasteiger partial charge >= 0.3 is 0 Å². The third-order valence-electron chi connectivity index (χ3n) is 3.72. The Bertz CT molecular complexity index is 899. The Morgan fingerprint density at radius 1 is 1.18 bits per heavy atom. The second kappa shape index (κ2) is 6.11. The minimum Gasteiger partial charge on any atom is -0.496 e. The summed E-state index contributed by atoms with van der Waals surface area (Å²) in [5.41, 5.74) is 3.54. The number of halogens is 1. The molecule has 0 N–H and O–H groups in total. The van der Waals surface area contributed by atoms with Gasteiger partial charge in [0.2, 0.25) is 0 Å². The second-order valence-electron chi connectivity index (χ2n) is 4.97. The van der Waals surface area contributed by atoms with E-state index in [-0.39, 0.29) is 0 Å². The molecule has 22 heavy (non-hydrogen) atoms. The summed E-state index contributed by atoms with van der Waals surface area (Å²) in [4.78, 5) is 0. The molecule has 3 aromatic rings. The lowest BCUT2D eigenvalue weighted by Crippen LogP contribution is -1.92. The first kappa shape index (κ1) is 15.1. The molecular formula is C18H15ClO2S. The first-order chi connectivity index (χ1) is 10.7. The molecule has 1 heterocycles. The van der Waals surface area contributed by atoms with Gasteiger partial charge in [-0.3, -0.25) is 0 Å². The average Bonchev–Trinajstić information content (AvgIpc) is 2.55. The fourth-order valence-corrected chi connectivity index (χ4v) is 3.09. The third kappa shape index (κ3) is 2.51. The van der Waals surface area contributed by atoms with Crippen LogP contribution in [-0.4, -0.2) is 7.11 Å². The van der Waals surface area contributed by atoms with Crippen molar-refractivity contribution in [2.24, 2.45) is 0 Å². The van der Waals surface area contributed by atoms with Crippen LogP contribution in [0.25, 0.3) is 22.1 Å². The van der Waals surface area contributed by atoms with Gasteiger partial charge in [-0.05, 0) is 24.1 Å². The Balaban J connectivity index is 2.30. The molecule has 112 valence electrons. The molecule has 0 aliphatic rings. The molecule has 0 bridgehead atoms. The van der Waals surface area contributed by atoms with E-state index in [4.69, 9.17) is 33.0 Å². The lowest BCUT2D eigenvalue weighted by Gasteiger charge is -2.10. The maximum absolute atomic E-state index is 6.28. The fraction of sp³-hybridized carbons (Fsp3) is 0.167. The molecule has 1 aromatic heterocycles. The Morgan fingerprint density at radius 2 is 1.95 bits per heavy atom. The standard InChI is InChI=1S/C18H15ClO2S/c1-3-11-8-13-17(9-16(11)20-2)21-10-14(18(13)22)12-6-4-5-7-15(12)19/h4-10H,3H2,1-2H3. The monoisotopic (exact) mass is 330 g/mol. The molecule has 3 rings (SSSR count). The summed E-state index contributed by atoms with van der Waals surface area (Å²) >= 11 is 11.9. The Kier molecular flexibility index (Phi) is 4.19. The lowest BCUT2D eigenvalue weighted by molar-refractivity contribution is 0.409. The summed E-state index contributed by atoms with van der Waals surface area (Å²) < 4.78 is 11.9. The van der Waals surface area contributed by atoms with Crippen LogP contribution >= 0.6 is 23.8 Å². The molecule has 0 atom stereocenters. The van der Waals surface area contributed by atoms with E-state index in [9.17, 15) is 0 Å². The highest BCUT2D eigenvalue weighted by Crippen LogP contribution is 2.34. The van der Waals surface area contributed by atoms with Crippen LogP contribution in [0.2, 0.25) is 5.02 Å². The molecule has 0 saturated carbocycles. The zero-order chi connectivity index (χ0) is 15.7. The Labute approximate surface area is 139 Å². The van der Waals surface area contributed by atoms with Crippen LogP contribution in [0.4, 0.5) is 0 Å². The Hall–Kier alpha value is -1.84.